The van der Waals surface area contributed by atoms with E-state index in [9.17, 15) is 14.7 Å². The molecule has 0 atom stereocenters. The molecule has 0 aliphatic rings. The zero-order valence-electron chi connectivity index (χ0n) is 15.3. The van der Waals surface area contributed by atoms with Crippen molar-refractivity contribution in [3.63, 3.8) is 0 Å². The summed E-state index contributed by atoms with van der Waals surface area (Å²) in [5.41, 5.74) is 2.99. The lowest BCUT2D eigenvalue weighted by Gasteiger charge is -2.08. The van der Waals surface area contributed by atoms with Crippen molar-refractivity contribution in [2.45, 2.75) is 32.7 Å². The number of carbonyl (C=O) groups is 2. The van der Waals surface area contributed by atoms with Crippen LogP contribution in [0.15, 0.2) is 48.5 Å². The van der Waals surface area contributed by atoms with Gasteiger partial charge in [0.15, 0.2) is 0 Å². The summed E-state index contributed by atoms with van der Waals surface area (Å²) in [5.74, 6) is -0.103. The molecule has 6 nitrogen and oxygen atoms in total. The Bertz CT molecular complexity index is 962. The van der Waals surface area contributed by atoms with Crippen LogP contribution < -0.4 is 5.32 Å². The largest absolute Gasteiger partial charge is 0.478 e. The van der Waals surface area contributed by atoms with E-state index in [1.165, 1.54) is 0 Å². The molecule has 2 N–H and O–H groups in total. The molecule has 0 fully saturated rings. The van der Waals surface area contributed by atoms with Gasteiger partial charge in [0.25, 0.3) is 0 Å². The fraction of sp³-hybridized carbons (Fsp3) is 0.286. The van der Waals surface area contributed by atoms with Crippen molar-refractivity contribution < 1.29 is 14.7 Å². The lowest BCUT2D eigenvalue weighted by atomic mass is 10.0. The van der Waals surface area contributed by atoms with Gasteiger partial charge >= 0.3 is 5.97 Å². The van der Waals surface area contributed by atoms with Crippen LogP contribution in [-0.4, -0.2) is 33.1 Å². The zero-order valence-corrected chi connectivity index (χ0v) is 15.3. The van der Waals surface area contributed by atoms with E-state index in [0.29, 0.717) is 24.9 Å². The number of nitrogens with one attached hydrogen (secondary N) is 1. The van der Waals surface area contributed by atoms with Crippen molar-refractivity contribution in [3.8, 4) is 0 Å². The maximum absolute atomic E-state index is 12.1. The molecule has 0 saturated carbocycles. The fourth-order valence-corrected chi connectivity index (χ4v) is 3.27. The van der Waals surface area contributed by atoms with Gasteiger partial charge in [0, 0.05) is 25.9 Å². The van der Waals surface area contributed by atoms with E-state index in [4.69, 9.17) is 0 Å². The molecule has 1 amide bonds. The Kier molecular flexibility index (Phi) is 5.86. The number of rotatable bonds is 8. The van der Waals surface area contributed by atoms with E-state index in [-0.39, 0.29) is 17.9 Å². The van der Waals surface area contributed by atoms with E-state index in [1.54, 1.807) is 24.3 Å². The number of nitrogens with zero attached hydrogens (tertiary/aromatic N) is 2. The number of aryl methyl sites for hydroxylation is 2. The van der Waals surface area contributed by atoms with E-state index >= 15 is 0 Å². The summed E-state index contributed by atoms with van der Waals surface area (Å²) in [5, 5.41) is 12.1. The number of hydrogen-bond donors (Lipinski definition) is 2. The number of para-hydroxylation sites is 2. The first kappa shape index (κ1) is 18.6. The number of carboxylic acids is 1. The fourth-order valence-electron chi connectivity index (χ4n) is 3.27. The number of hydrogen-bond acceptors (Lipinski definition) is 3. The summed E-state index contributed by atoms with van der Waals surface area (Å²) in [6.07, 6.45) is 1.32. The van der Waals surface area contributed by atoms with E-state index in [0.717, 1.165) is 23.4 Å². The number of amides is 1. The molecular formula is C21H23N3O3. The number of carboxylic acid groups (broad SMARTS) is 1. The maximum atomic E-state index is 12.1. The molecule has 0 spiro atoms. The van der Waals surface area contributed by atoms with Gasteiger partial charge in [-0.05, 0) is 37.1 Å². The average Bonchev–Trinajstić information content (AvgIpc) is 3.03. The van der Waals surface area contributed by atoms with Gasteiger partial charge in [0.2, 0.25) is 5.91 Å². The highest BCUT2D eigenvalue weighted by atomic mass is 16.4. The third-order valence-electron chi connectivity index (χ3n) is 4.59. The van der Waals surface area contributed by atoms with E-state index in [2.05, 4.69) is 21.8 Å². The average molecular weight is 365 g/mol. The summed E-state index contributed by atoms with van der Waals surface area (Å²) in [7, 11) is 0. The second kappa shape index (κ2) is 8.49. The van der Waals surface area contributed by atoms with Crippen molar-refractivity contribution in [1.29, 1.82) is 0 Å². The molecule has 0 saturated heterocycles. The highest BCUT2D eigenvalue weighted by Gasteiger charge is 2.12. The number of imidazole rings is 1. The zero-order chi connectivity index (χ0) is 19.2. The topological polar surface area (TPSA) is 84.2 Å². The summed E-state index contributed by atoms with van der Waals surface area (Å²) in [6.45, 7) is 3.41. The Morgan fingerprint density at radius 3 is 2.59 bits per heavy atom. The third-order valence-corrected chi connectivity index (χ3v) is 4.59. The molecule has 0 bridgehead atoms. The quantitative estimate of drug-likeness (QED) is 0.643. The molecule has 3 rings (SSSR count). The van der Waals surface area contributed by atoms with Gasteiger partial charge in [-0.2, -0.15) is 0 Å². The van der Waals surface area contributed by atoms with Gasteiger partial charge in [0.05, 0.1) is 16.6 Å². The van der Waals surface area contributed by atoms with Gasteiger partial charge < -0.3 is 15.0 Å². The first-order valence-electron chi connectivity index (χ1n) is 9.12. The van der Waals surface area contributed by atoms with Crippen molar-refractivity contribution in [3.05, 3.63) is 65.5 Å². The molecule has 140 valence electrons. The lowest BCUT2D eigenvalue weighted by molar-refractivity contribution is -0.121. The van der Waals surface area contributed by atoms with Crippen molar-refractivity contribution in [1.82, 2.24) is 14.9 Å². The van der Waals surface area contributed by atoms with Crippen LogP contribution in [0.4, 0.5) is 0 Å². The van der Waals surface area contributed by atoms with Crippen molar-refractivity contribution >= 4 is 22.9 Å². The molecule has 0 radical (unpaired) electrons. The molecule has 0 aliphatic carbocycles. The van der Waals surface area contributed by atoms with Crippen LogP contribution in [0, 0.1) is 0 Å². The van der Waals surface area contributed by atoms with Crippen LogP contribution in [0.2, 0.25) is 0 Å². The second-order valence-electron chi connectivity index (χ2n) is 6.32. The Balaban J connectivity index is 1.54. The smallest absolute Gasteiger partial charge is 0.335 e. The number of aromatic carboxylic acids is 1. The minimum atomic E-state index is -0.968. The van der Waals surface area contributed by atoms with Gasteiger partial charge in [-0.15, -0.1) is 0 Å². The van der Waals surface area contributed by atoms with E-state index in [1.807, 2.05) is 24.3 Å². The minimum absolute atomic E-state index is 0.0886. The molecule has 1 heterocycles. The van der Waals surface area contributed by atoms with Gasteiger partial charge in [-0.25, -0.2) is 9.78 Å². The van der Waals surface area contributed by atoms with Crippen LogP contribution in [0.3, 0.4) is 0 Å². The van der Waals surface area contributed by atoms with Crippen LogP contribution in [0.1, 0.15) is 35.1 Å². The number of fused-ring (bicyclic) bond motifs is 1. The number of aromatic nitrogens is 2. The molecule has 1 aromatic heterocycles. The van der Waals surface area contributed by atoms with Crippen LogP contribution in [-0.2, 0) is 24.2 Å². The van der Waals surface area contributed by atoms with Gasteiger partial charge in [-0.3, -0.25) is 4.79 Å². The summed E-state index contributed by atoms with van der Waals surface area (Å²) < 4.78 is 2.16. The number of carbonyl (C=O) groups excluding carboxylic acids is 1. The monoisotopic (exact) mass is 365 g/mol. The number of benzene rings is 2. The highest BCUT2D eigenvalue weighted by Crippen LogP contribution is 2.16. The molecule has 0 unspecified atom stereocenters. The maximum Gasteiger partial charge on any atom is 0.335 e. The first-order valence-corrected chi connectivity index (χ1v) is 9.12. The SMILES string of the molecule is CCn1c(CCNC(=O)CCc2ccccc2C(=O)O)nc2ccccc21. The van der Waals surface area contributed by atoms with Gasteiger partial charge in [0.1, 0.15) is 5.82 Å². The second-order valence-corrected chi connectivity index (χ2v) is 6.32. The predicted molar refractivity (Wildman–Crippen MR) is 104 cm³/mol. The molecule has 27 heavy (non-hydrogen) atoms. The Morgan fingerprint density at radius 1 is 1.07 bits per heavy atom. The van der Waals surface area contributed by atoms with E-state index < -0.39 is 5.97 Å². The normalized spacial score (nSPS) is 10.9. The lowest BCUT2D eigenvalue weighted by Crippen LogP contribution is -2.26. The van der Waals surface area contributed by atoms with Crippen molar-refractivity contribution in [2.24, 2.45) is 0 Å². The molecular weight excluding hydrogens is 342 g/mol. The summed E-state index contributed by atoms with van der Waals surface area (Å²) in [4.78, 5) is 28.0. The molecule has 3 aromatic rings. The van der Waals surface area contributed by atoms with Crippen molar-refractivity contribution in [2.75, 3.05) is 6.54 Å². The minimum Gasteiger partial charge on any atom is -0.478 e. The molecule has 2 aromatic carbocycles. The van der Waals surface area contributed by atoms with Crippen LogP contribution in [0.25, 0.3) is 11.0 Å². The Morgan fingerprint density at radius 2 is 1.81 bits per heavy atom. The highest BCUT2D eigenvalue weighted by molar-refractivity contribution is 5.89. The molecule has 6 heteroatoms. The third kappa shape index (κ3) is 4.34. The first-order chi connectivity index (χ1) is 13.1. The Hall–Kier alpha value is -3.15. The van der Waals surface area contributed by atoms with Crippen LogP contribution in [0.5, 0.6) is 0 Å². The van der Waals surface area contributed by atoms with Crippen LogP contribution >= 0.6 is 0 Å². The van der Waals surface area contributed by atoms with Gasteiger partial charge in [-0.1, -0.05) is 30.3 Å². The summed E-state index contributed by atoms with van der Waals surface area (Å²) in [6, 6.07) is 14.8. The summed E-state index contributed by atoms with van der Waals surface area (Å²) >= 11 is 0. The predicted octanol–water partition coefficient (Wildman–Crippen LogP) is 3.05. The Labute approximate surface area is 157 Å². The standard InChI is InChI=1S/C21H23N3O3/c1-2-24-18-10-6-5-9-17(18)23-19(24)13-14-22-20(25)12-11-15-7-3-4-8-16(15)21(26)27/h3-10H,2,11-14H2,1H3,(H,22,25)(H,26,27). The molecule has 0 aliphatic heterocycles.